The Morgan fingerprint density at radius 3 is 2.55 bits per heavy atom. The Hall–Kier alpha value is -1.81. The van der Waals surface area contributed by atoms with Gasteiger partial charge in [0.25, 0.3) is 0 Å². The molecule has 1 aromatic rings. The van der Waals surface area contributed by atoms with Gasteiger partial charge in [0, 0.05) is 0 Å². The van der Waals surface area contributed by atoms with Gasteiger partial charge in [-0.25, -0.2) is 14.3 Å². The molecule has 8 nitrogen and oxygen atoms in total. The van der Waals surface area contributed by atoms with Crippen molar-refractivity contribution in [3.8, 4) is 0 Å². The maximum absolute atomic E-state index is 11.7. The van der Waals surface area contributed by atoms with E-state index in [4.69, 9.17) is 0 Å². The van der Waals surface area contributed by atoms with Crippen LogP contribution in [0.4, 0.5) is 10.5 Å². The molecule has 0 aliphatic carbocycles. The highest BCUT2D eigenvalue weighted by atomic mass is 32.2. The highest BCUT2D eigenvalue weighted by Gasteiger charge is 2.21. The molecule has 112 valence electrons. The first-order valence-corrected chi connectivity index (χ1v) is 7.78. The minimum Gasteiger partial charge on any atom is -0.465 e. The van der Waals surface area contributed by atoms with Gasteiger partial charge in [-0.15, -0.1) is 11.3 Å². The number of carbonyl (C=O) groups is 2. The summed E-state index contributed by atoms with van der Waals surface area (Å²) in [5.41, 5.74) is 0.0201. The van der Waals surface area contributed by atoms with Gasteiger partial charge in [-0.1, -0.05) is 0 Å². The number of anilines is 1. The van der Waals surface area contributed by atoms with Gasteiger partial charge in [-0.2, -0.15) is 8.42 Å². The largest absolute Gasteiger partial charge is 0.465 e. The van der Waals surface area contributed by atoms with Gasteiger partial charge < -0.3 is 9.47 Å². The van der Waals surface area contributed by atoms with Crippen LogP contribution in [0.2, 0.25) is 0 Å². The van der Waals surface area contributed by atoms with Gasteiger partial charge in [0.15, 0.2) is 0 Å². The van der Waals surface area contributed by atoms with Crippen LogP contribution in [0.5, 0.6) is 0 Å². The lowest BCUT2D eigenvalue weighted by atomic mass is 10.4. The number of carbonyl (C=O) groups excluding carboxylic acids is 2. The normalized spacial score (nSPS) is 11.0. The van der Waals surface area contributed by atoms with E-state index in [0.29, 0.717) is 0 Å². The Morgan fingerprint density at radius 2 is 2.00 bits per heavy atom. The summed E-state index contributed by atoms with van der Waals surface area (Å²) in [5, 5.41) is 1.51. The zero-order chi connectivity index (χ0) is 15.3. The molecule has 0 aromatic carbocycles. The molecule has 0 radical (unpaired) electrons. The van der Waals surface area contributed by atoms with E-state index in [9.17, 15) is 18.0 Å². The van der Waals surface area contributed by atoms with Crippen LogP contribution in [0.15, 0.2) is 11.4 Å². The van der Waals surface area contributed by atoms with E-state index >= 15 is 0 Å². The number of ether oxygens (including phenoxy) is 2. The van der Waals surface area contributed by atoms with Crippen LogP contribution >= 0.6 is 11.3 Å². The molecule has 0 atom stereocenters. The summed E-state index contributed by atoms with van der Waals surface area (Å²) in [6.45, 7) is 3.15. The van der Waals surface area contributed by atoms with Crippen molar-refractivity contribution in [2.45, 2.75) is 20.0 Å². The first-order valence-electron chi connectivity index (χ1n) is 5.42. The van der Waals surface area contributed by atoms with Crippen molar-refractivity contribution < 1.29 is 27.5 Å². The standard InChI is InChI=1S/C10H14N2O6S2/c1-6(2)18-10(14)12-20(15,16)11-7-4-5-19-8(7)9(13)17-3/h4-6,11H,1-3H3,(H,12,14). The average molecular weight is 322 g/mol. The fraction of sp³-hybridized carbons (Fsp3) is 0.400. The molecule has 0 saturated heterocycles. The summed E-state index contributed by atoms with van der Waals surface area (Å²) in [7, 11) is -3.01. The van der Waals surface area contributed by atoms with E-state index in [1.807, 2.05) is 0 Å². The van der Waals surface area contributed by atoms with Crippen LogP contribution in [0.3, 0.4) is 0 Å². The molecule has 0 unspecified atom stereocenters. The number of rotatable bonds is 5. The molecular weight excluding hydrogens is 308 g/mol. The van der Waals surface area contributed by atoms with Crippen molar-refractivity contribution in [1.29, 1.82) is 0 Å². The van der Waals surface area contributed by atoms with Gasteiger partial charge in [-0.05, 0) is 25.3 Å². The summed E-state index contributed by atoms with van der Waals surface area (Å²) in [6.07, 6.45) is -1.57. The van der Waals surface area contributed by atoms with E-state index in [0.717, 1.165) is 11.3 Å². The zero-order valence-corrected chi connectivity index (χ0v) is 12.6. The molecule has 0 spiro atoms. The molecule has 0 fully saturated rings. The van der Waals surface area contributed by atoms with Gasteiger partial charge in [0.2, 0.25) is 0 Å². The fourth-order valence-corrected chi connectivity index (χ4v) is 2.77. The quantitative estimate of drug-likeness (QED) is 0.791. The molecule has 2 N–H and O–H groups in total. The lowest BCUT2D eigenvalue weighted by molar-refractivity contribution is 0.0607. The van der Waals surface area contributed by atoms with Gasteiger partial charge in [-0.3, -0.25) is 4.72 Å². The summed E-state index contributed by atoms with van der Waals surface area (Å²) >= 11 is 1.01. The smallest absolute Gasteiger partial charge is 0.422 e. The van der Waals surface area contributed by atoms with Crippen LogP contribution in [0, 0.1) is 0 Å². The Balaban J connectivity index is 2.79. The first kappa shape index (κ1) is 16.2. The third-order valence-corrected chi connectivity index (χ3v) is 3.66. The predicted octanol–water partition coefficient (Wildman–Crippen LogP) is 1.33. The van der Waals surface area contributed by atoms with Crippen molar-refractivity contribution >= 4 is 39.3 Å². The molecule has 1 rings (SSSR count). The summed E-state index contributed by atoms with van der Waals surface area (Å²) < 4.78 is 36.2. The maximum Gasteiger partial charge on any atom is 0.422 e. The number of amides is 1. The van der Waals surface area contributed by atoms with Crippen molar-refractivity contribution in [1.82, 2.24) is 4.72 Å². The van der Waals surface area contributed by atoms with Crippen molar-refractivity contribution in [3.63, 3.8) is 0 Å². The number of thiophene rings is 1. The predicted molar refractivity (Wildman–Crippen MR) is 73.0 cm³/mol. The van der Waals surface area contributed by atoms with Crippen LogP contribution in [-0.2, 0) is 19.7 Å². The van der Waals surface area contributed by atoms with E-state index in [2.05, 4.69) is 14.2 Å². The summed E-state index contributed by atoms with van der Waals surface area (Å²) in [4.78, 5) is 22.7. The second kappa shape index (κ2) is 6.57. The lowest BCUT2D eigenvalue weighted by Crippen LogP contribution is -2.37. The maximum atomic E-state index is 11.7. The molecule has 1 aromatic heterocycles. The van der Waals surface area contributed by atoms with Crippen molar-refractivity contribution in [3.05, 3.63) is 16.3 Å². The summed E-state index contributed by atoms with van der Waals surface area (Å²) in [6, 6.07) is 1.38. The first-order chi connectivity index (χ1) is 9.25. The fourth-order valence-electron chi connectivity index (χ4n) is 1.16. The van der Waals surface area contributed by atoms with Crippen LogP contribution in [0.25, 0.3) is 0 Å². The minimum atomic E-state index is -4.19. The van der Waals surface area contributed by atoms with Crippen LogP contribution in [0.1, 0.15) is 23.5 Å². The van der Waals surface area contributed by atoms with Gasteiger partial charge in [0.05, 0.1) is 18.9 Å². The molecule has 0 bridgehead atoms. The van der Waals surface area contributed by atoms with Crippen molar-refractivity contribution in [2.24, 2.45) is 0 Å². The lowest BCUT2D eigenvalue weighted by Gasteiger charge is -2.11. The van der Waals surface area contributed by atoms with Crippen molar-refractivity contribution in [2.75, 3.05) is 11.8 Å². The average Bonchev–Trinajstić information content (AvgIpc) is 2.72. The number of hydrogen-bond acceptors (Lipinski definition) is 7. The molecule has 10 heteroatoms. The van der Waals surface area contributed by atoms with E-state index in [1.54, 1.807) is 18.6 Å². The molecule has 0 aliphatic heterocycles. The molecule has 0 saturated carbocycles. The highest BCUT2D eigenvalue weighted by molar-refractivity contribution is 7.91. The molecule has 1 heterocycles. The van der Waals surface area contributed by atoms with E-state index < -0.39 is 28.4 Å². The Labute approximate surface area is 120 Å². The number of nitrogens with one attached hydrogen (secondary N) is 2. The Morgan fingerprint density at radius 1 is 1.35 bits per heavy atom. The molecule has 0 aliphatic rings. The van der Waals surface area contributed by atoms with E-state index in [-0.39, 0.29) is 10.6 Å². The zero-order valence-electron chi connectivity index (χ0n) is 11.0. The summed E-state index contributed by atoms with van der Waals surface area (Å²) in [5.74, 6) is -0.678. The number of methoxy groups -OCH3 is 1. The molecule has 20 heavy (non-hydrogen) atoms. The Bertz CT molecular complexity index is 593. The van der Waals surface area contributed by atoms with Gasteiger partial charge in [0.1, 0.15) is 4.88 Å². The molecular formula is C10H14N2O6S2. The van der Waals surface area contributed by atoms with Crippen LogP contribution < -0.4 is 9.44 Å². The topological polar surface area (TPSA) is 111 Å². The Kier molecular flexibility index (Phi) is 5.34. The highest BCUT2D eigenvalue weighted by Crippen LogP contribution is 2.23. The number of hydrogen-bond donors (Lipinski definition) is 2. The van der Waals surface area contributed by atoms with E-state index in [1.165, 1.54) is 18.6 Å². The monoisotopic (exact) mass is 322 g/mol. The van der Waals surface area contributed by atoms with Gasteiger partial charge >= 0.3 is 22.3 Å². The number of esters is 1. The second-order valence-corrected chi connectivity index (χ2v) is 6.15. The second-order valence-electron chi connectivity index (χ2n) is 3.82. The third kappa shape index (κ3) is 4.70. The minimum absolute atomic E-state index is 0.0201. The SMILES string of the molecule is COC(=O)c1sccc1NS(=O)(=O)NC(=O)OC(C)C. The third-order valence-electron chi connectivity index (χ3n) is 1.84. The van der Waals surface area contributed by atoms with Crippen LogP contribution in [-0.4, -0.2) is 33.7 Å². The molecule has 1 amide bonds.